The SMILES string of the molecule is CCOc1cc(C2(CC(=O)O)CC2)c(OC)cc1OC. The number of methoxy groups -OCH3 is 2. The van der Waals surface area contributed by atoms with E-state index in [1.807, 2.05) is 13.0 Å². The van der Waals surface area contributed by atoms with E-state index in [4.69, 9.17) is 19.3 Å². The molecular weight excluding hydrogens is 260 g/mol. The van der Waals surface area contributed by atoms with Crippen molar-refractivity contribution in [3.63, 3.8) is 0 Å². The van der Waals surface area contributed by atoms with E-state index in [9.17, 15) is 4.79 Å². The summed E-state index contributed by atoms with van der Waals surface area (Å²) in [5, 5.41) is 9.09. The lowest BCUT2D eigenvalue weighted by atomic mass is 9.91. The van der Waals surface area contributed by atoms with Crippen LogP contribution in [0.5, 0.6) is 17.2 Å². The molecule has 0 radical (unpaired) electrons. The molecule has 0 bridgehead atoms. The molecule has 1 aliphatic carbocycles. The summed E-state index contributed by atoms with van der Waals surface area (Å²) in [5.74, 6) is 1.09. The maximum absolute atomic E-state index is 11.1. The number of carboxylic acids is 1. The molecule has 110 valence electrons. The van der Waals surface area contributed by atoms with Gasteiger partial charge in [0.15, 0.2) is 11.5 Å². The highest BCUT2D eigenvalue weighted by atomic mass is 16.5. The minimum absolute atomic E-state index is 0.112. The van der Waals surface area contributed by atoms with Gasteiger partial charge in [0, 0.05) is 17.0 Å². The van der Waals surface area contributed by atoms with Crippen LogP contribution in [0.25, 0.3) is 0 Å². The number of carbonyl (C=O) groups is 1. The number of aliphatic carboxylic acids is 1. The second-order valence-electron chi connectivity index (χ2n) is 4.99. The van der Waals surface area contributed by atoms with Crippen molar-refractivity contribution in [2.75, 3.05) is 20.8 Å². The topological polar surface area (TPSA) is 65.0 Å². The van der Waals surface area contributed by atoms with Gasteiger partial charge in [-0.05, 0) is 25.8 Å². The predicted molar refractivity (Wildman–Crippen MR) is 73.9 cm³/mol. The number of benzene rings is 1. The van der Waals surface area contributed by atoms with Crippen LogP contribution in [0.1, 0.15) is 31.7 Å². The summed E-state index contributed by atoms with van der Waals surface area (Å²) in [5.41, 5.74) is 0.571. The minimum Gasteiger partial charge on any atom is -0.496 e. The van der Waals surface area contributed by atoms with Gasteiger partial charge >= 0.3 is 5.97 Å². The minimum atomic E-state index is -0.793. The summed E-state index contributed by atoms with van der Waals surface area (Å²) < 4.78 is 16.3. The number of hydrogen-bond donors (Lipinski definition) is 1. The summed E-state index contributed by atoms with van der Waals surface area (Å²) in [7, 11) is 3.15. The van der Waals surface area contributed by atoms with Crippen LogP contribution in [-0.4, -0.2) is 31.9 Å². The van der Waals surface area contributed by atoms with Gasteiger partial charge in [-0.2, -0.15) is 0 Å². The fraction of sp³-hybridized carbons (Fsp3) is 0.533. The van der Waals surface area contributed by atoms with Crippen LogP contribution in [0.3, 0.4) is 0 Å². The van der Waals surface area contributed by atoms with E-state index in [-0.39, 0.29) is 11.8 Å². The molecule has 1 N–H and O–H groups in total. The summed E-state index contributed by atoms with van der Waals surface area (Å²) in [4.78, 5) is 11.1. The summed E-state index contributed by atoms with van der Waals surface area (Å²) >= 11 is 0. The lowest BCUT2D eigenvalue weighted by Gasteiger charge is -2.20. The van der Waals surface area contributed by atoms with Crippen LogP contribution in [0.15, 0.2) is 12.1 Å². The van der Waals surface area contributed by atoms with E-state index in [1.165, 1.54) is 0 Å². The van der Waals surface area contributed by atoms with E-state index in [1.54, 1.807) is 20.3 Å². The van der Waals surface area contributed by atoms with Gasteiger partial charge in [-0.1, -0.05) is 0 Å². The molecule has 1 aromatic rings. The van der Waals surface area contributed by atoms with E-state index in [0.717, 1.165) is 18.4 Å². The van der Waals surface area contributed by atoms with Crippen molar-refractivity contribution in [1.82, 2.24) is 0 Å². The van der Waals surface area contributed by atoms with Gasteiger partial charge in [0.05, 0.1) is 27.2 Å². The molecule has 5 nitrogen and oxygen atoms in total. The maximum Gasteiger partial charge on any atom is 0.304 e. The lowest BCUT2D eigenvalue weighted by molar-refractivity contribution is -0.137. The largest absolute Gasteiger partial charge is 0.496 e. The van der Waals surface area contributed by atoms with Gasteiger partial charge in [-0.15, -0.1) is 0 Å². The van der Waals surface area contributed by atoms with Crippen molar-refractivity contribution in [1.29, 1.82) is 0 Å². The van der Waals surface area contributed by atoms with Crippen molar-refractivity contribution in [2.45, 2.75) is 31.6 Å². The second kappa shape index (κ2) is 5.61. The van der Waals surface area contributed by atoms with Gasteiger partial charge in [0.2, 0.25) is 0 Å². The molecule has 2 rings (SSSR count). The molecule has 0 spiro atoms. The quantitative estimate of drug-likeness (QED) is 0.831. The first kappa shape index (κ1) is 14.5. The first-order valence-electron chi connectivity index (χ1n) is 6.67. The van der Waals surface area contributed by atoms with Gasteiger partial charge in [0.25, 0.3) is 0 Å². The standard InChI is InChI=1S/C15H20O5/c1-4-20-13-7-10(11(18-2)8-12(13)19-3)15(5-6-15)9-14(16)17/h7-8H,4-6,9H2,1-3H3,(H,16,17). The first-order valence-corrected chi connectivity index (χ1v) is 6.67. The molecule has 0 amide bonds. The average Bonchev–Trinajstić information content (AvgIpc) is 3.18. The van der Waals surface area contributed by atoms with Crippen molar-refractivity contribution >= 4 is 5.97 Å². The van der Waals surface area contributed by atoms with Crippen LogP contribution in [-0.2, 0) is 10.2 Å². The third-order valence-electron chi connectivity index (χ3n) is 3.70. The predicted octanol–water partition coefficient (Wildman–Crippen LogP) is 2.61. The summed E-state index contributed by atoms with van der Waals surface area (Å²) in [6.07, 6.45) is 1.82. The molecule has 0 atom stereocenters. The van der Waals surface area contributed by atoms with E-state index >= 15 is 0 Å². The van der Waals surface area contributed by atoms with Crippen molar-refractivity contribution in [3.05, 3.63) is 17.7 Å². The first-order chi connectivity index (χ1) is 9.56. The van der Waals surface area contributed by atoms with Gasteiger partial charge in [-0.3, -0.25) is 4.79 Å². The zero-order valence-electron chi connectivity index (χ0n) is 12.1. The smallest absolute Gasteiger partial charge is 0.304 e. The third-order valence-corrected chi connectivity index (χ3v) is 3.70. The highest BCUT2D eigenvalue weighted by Gasteiger charge is 2.48. The highest BCUT2D eigenvalue weighted by molar-refractivity contribution is 5.71. The zero-order chi connectivity index (χ0) is 14.8. The van der Waals surface area contributed by atoms with Gasteiger partial charge in [-0.25, -0.2) is 0 Å². The van der Waals surface area contributed by atoms with Crippen LogP contribution in [0.2, 0.25) is 0 Å². The van der Waals surface area contributed by atoms with Crippen LogP contribution in [0, 0.1) is 0 Å². The number of hydrogen-bond acceptors (Lipinski definition) is 4. The Morgan fingerprint density at radius 1 is 1.20 bits per heavy atom. The van der Waals surface area contributed by atoms with Crippen molar-refractivity contribution in [2.24, 2.45) is 0 Å². The van der Waals surface area contributed by atoms with Crippen LogP contribution in [0.4, 0.5) is 0 Å². The van der Waals surface area contributed by atoms with Gasteiger partial charge in [0.1, 0.15) is 5.75 Å². The van der Waals surface area contributed by atoms with Crippen molar-refractivity contribution in [3.8, 4) is 17.2 Å². The monoisotopic (exact) mass is 280 g/mol. The Morgan fingerprint density at radius 3 is 2.30 bits per heavy atom. The highest BCUT2D eigenvalue weighted by Crippen LogP contribution is 2.55. The molecule has 0 aromatic heterocycles. The van der Waals surface area contributed by atoms with Crippen LogP contribution < -0.4 is 14.2 Å². The Balaban J connectivity index is 2.45. The summed E-state index contributed by atoms with van der Waals surface area (Å²) in [6.45, 7) is 2.42. The number of rotatable bonds is 7. The molecule has 5 heteroatoms. The van der Waals surface area contributed by atoms with Gasteiger partial charge < -0.3 is 19.3 Å². The fourth-order valence-electron chi connectivity index (χ4n) is 2.53. The lowest BCUT2D eigenvalue weighted by Crippen LogP contribution is -2.14. The molecular formula is C15H20O5. The maximum atomic E-state index is 11.1. The summed E-state index contributed by atoms with van der Waals surface area (Å²) in [6, 6.07) is 3.62. The Kier molecular flexibility index (Phi) is 4.06. The fourth-order valence-corrected chi connectivity index (χ4v) is 2.53. The van der Waals surface area contributed by atoms with Crippen LogP contribution >= 0.6 is 0 Å². The molecule has 0 saturated heterocycles. The second-order valence-corrected chi connectivity index (χ2v) is 4.99. The van der Waals surface area contributed by atoms with Crippen molar-refractivity contribution < 1.29 is 24.1 Å². The van der Waals surface area contributed by atoms with E-state index < -0.39 is 5.97 Å². The van der Waals surface area contributed by atoms with E-state index in [2.05, 4.69) is 0 Å². The molecule has 0 unspecified atom stereocenters. The molecule has 0 heterocycles. The third kappa shape index (κ3) is 2.66. The normalized spacial score (nSPS) is 15.6. The number of ether oxygens (including phenoxy) is 3. The Bertz CT molecular complexity index is 505. The Morgan fingerprint density at radius 2 is 1.85 bits per heavy atom. The Hall–Kier alpha value is -1.91. The molecule has 0 aliphatic heterocycles. The number of carboxylic acid groups (broad SMARTS) is 1. The zero-order valence-corrected chi connectivity index (χ0v) is 12.1. The molecule has 20 heavy (non-hydrogen) atoms. The molecule has 1 fully saturated rings. The molecule has 1 aromatic carbocycles. The molecule has 1 aliphatic rings. The Labute approximate surface area is 118 Å². The average molecular weight is 280 g/mol. The molecule has 1 saturated carbocycles. The van der Waals surface area contributed by atoms with E-state index in [0.29, 0.717) is 23.9 Å².